The van der Waals surface area contributed by atoms with Crippen molar-refractivity contribution >= 4 is 22.5 Å². The van der Waals surface area contributed by atoms with Crippen LogP contribution in [0.15, 0.2) is 51.8 Å². The summed E-state index contributed by atoms with van der Waals surface area (Å²) >= 11 is 0. The molecule has 8 nitrogen and oxygen atoms in total. The Bertz CT molecular complexity index is 1370. The van der Waals surface area contributed by atoms with Crippen LogP contribution in [0.4, 0.5) is 5.69 Å². The highest BCUT2D eigenvalue weighted by molar-refractivity contribution is 5.96. The molecular weight excluding hydrogens is 420 g/mol. The number of para-hydroxylation sites is 1. The minimum Gasteiger partial charge on any atom is -0.497 e. The number of carbonyl (C=O) groups excluding carboxylic acids is 1. The van der Waals surface area contributed by atoms with Gasteiger partial charge in [-0.3, -0.25) is 9.59 Å². The van der Waals surface area contributed by atoms with Gasteiger partial charge in [-0.2, -0.15) is 5.10 Å². The van der Waals surface area contributed by atoms with Gasteiger partial charge in [0.2, 0.25) is 5.91 Å². The Kier molecular flexibility index (Phi) is 6.00. The quantitative estimate of drug-likeness (QED) is 0.466. The van der Waals surface area contributed by atoms with E-state index in [1.165, 1.54) is 4.68 Å². The fraction of sp³-hybridized carbons (Fsp3) is 0.280. The van der Waals surface area contributed by atoms with Gasteiger partial charge >= 0.3 is 0 Å². The minimum atomic E-state index is -0.824. The standard InChI is InChI=1S/C25H26N4O4/c1-6-19(24(30)26-21-14(2)8-7-9-15(21)3)29-25(31)23-20(16(4)33-28-23)22(27-29)17-10-12-18(32-5)13-11-17/h7-13,19H,6H2,1-5H3,(H,26,30)/t19-/m0/s1. The first-order chi connectivity index (χ1) is 15.8. The van der Waals surface area contributed by atoms with Crippen LogP contribution in [0.25, 0.3) is 22.2 Å². The third-order valence-electron chi connectivity index (χ3n) is 5.80. The lowest BCUT2D eigenvalue weighted by molar-refractivity contribution is -0.119. The molecule has 0 bridgehead atoms. The van der Waals surface area contributed by atoms with Crippen LogP contribution in [0.2, 0.25) is 0 Å². The summed E-state index contributed by atoms with van der Waals surface area (Å²) in [6, 6.07) is 12.3. The molecule has 4 rings (SSSR count). The van der Waals surface area contributed by atoms with E-state index in [1.807, 2.05) is 63.2 Å². The predicted octanol–water partition coefficient (Wildman–Crippen LogP) is 4.58. The van der Waals surface area contributed by atoms with Gasteiger partial charge in [0.15, 0.2) is 5.52 Å². The zero-order valence-corrected chi connectivity index (χ0v) is 19.3. The van der Waals surface area contributed by atoms with Crippen molar-refractivity contribution in [1.82, 2.24) is 14.9 Å². The van der Waals surface area contributed by atoms with Crippen LogP contribution in [0.3, 0.4) is 0 Å². The number of nitrogens with one attached hydrogen (secondary N) is 1. The van der Waals surface area contributed by atoms with Crippen LogP contribution in [0.1, 0.15) is 36.3 Å². The molecule has 0 fully saturated rings. The Morgan fingerprint density at radius 1 is 1.12 bits per heavy atom. The van der Waals surface area contributed by atoms with Crippen LogP contribution in [0, 0.1) is 20.8 Å². The van der Waals surface area contributed by atoms with Crippen LogP contribution < -0.4 is 15.6 Å². The largest absolute Gasteiger partial charge is 0.497 e. The van der Waals surface area contributed by atoms with Crippen molar-refractivity contribution in [1.29, 1.82) is 0 Å². The number of hydrogen-bond acceptors (Lipinski definition) is 6. The lowest BCUT2D eigenvalue weighted by Gasteiger charge is -2.19. The number of carbonyl (C=O) groups is 1. The van der Waals surface area contributed by atoms with Gasteiger partial charge in [0, 0.05) is 11.3 Å². The molecule has 1 amide bonds. The fourth-order valence-corrected chi connectivity index (χ4v) is 3.96. The van der Waals surface area contributed by atoms with E-state index in [-0.39, 0.29) is 11.4 Å². The SMILES string of the molecule is CC[C@@H](C(=O)Nc1c(C)cccc1C)n1nc(-c2ccc(OC)cc2)c2c(C)onc2c1=O. The maximum Gasteiger partial charge on any atom is 0.297 e. The number of nitrogens with zero attached hydrogens (tertiary/aromatic N) is 3. The molecule has 8 heteroatoms. The Morgan fingerprint density at radius 2 is 1.79 bits per heavy atom. The molecule has 1 N–H and O–H groups in total. The average molecular weight is 447 g/mol. The highest BCUT2D eigenvalue weighted by Crippen LogP contribution is 2.30. The molecule has 0 spiro atoms. The first-order valence-electron chi connectivity index (χ1n) is 10.8. The topological polar surface area (TPSA) is 99.2 Å². The van der Waals surface area contributed by atoms with Gasteiger partial charge in [0.05, 0.1) is 12.5 Å². The smallest absolute Gasteiger partial charge is 0.297 e. The summed E-state index contributed by atoms with van der Waals surface area (Å²) in [5.41, 5.74) is 3.58. The summed E-state index contributed by atoms with van der Waals surface area (Å²) in [6.45, 7) is 7.44. The van der Waals surface area contributed by atoms with Crippen molar-refractivity contribution in [2.75, 3.05) is 12.4 Å². The number of anilines is 1. The normalized spacial score (nSPS) is 12.0. The van der Waals surface area contributed by atoms with Crippen LogP contribution in [-0.2, 0) is 4.79 Å². The van der Waals surface area contributed by atoms with Crippen molar-refractivity contribution in [3.63, 3.8) is 0 Å². The van der Waals surface area contributed by atoms with Crippen molar-refractivity contribution in [3.8, 4) is 17.0 Å². The van der Waals surface area contributed by atoms with Gasteiger partial charge in [0.25, 0.3) is 5.56 Å². The molecular formula is C25H26N4O4. The summed E-state index contributed by atoms with van der Waals surface area (Å²) in [5, 5.41) is 12.1. The van der Waals surface area contributed by atoms with E-state index in [9.17, 15) is 9.59 Å². The molecule has 2 aromatic carbocycles. The molecule has 0 aliphatic rings. The second-order valence-corrected chi connectivity index (χ2v) is 7.97. The number of hydrogen-bond donors (Lipinski definition) is 1. The van der Waals surface area contributed by atoms with Crippen LogP contribution >= 0.6 is 0 Å². The number of aryl methyl sites for hydroxylation is 3. The van der Waals surface area contributed by atoms with E-state index in [2.05, 4.69) is 15.6 Å². The fourth-order valence-electron chi connectivity index (χ4n) is 3.96. The highest BCUT2D eigenvalue weighted by Gasteiger charge is 2.27. The molecule has 0 radical (unpaired) electrons. The van der Waals surface area contributed by atoms with E-state index in [1.54, 1.807) is 14.0 Å². The maximum absolute atomic E-state index is 13.3. The minimum absolute atomic E-state index is 0.145. The van der Waals surface area contributed by atoms with E-state index in [0.717, 1.165) is 22.4 Å². The number of ether oxygens (including phenoxy) is 1. The maximum atomic E-state index is 13.3. The molecule has 4 aromatic rings. The van der Waals surface area contributed by atoms with Crippen molar-refractivity contribution in [2.24, 2.45) is 0 Å². The number of rotatable bonds is 6. The van der Waals surface area contributed by atoms with Gasteiger partial charge in [0.1, 0.15) is 23.2 Å². The van der Waals surface area contributed by atoms with Crippen LogP contribution in [0.5, 0.6) is 5.75 Å². The number of benzene rings is 2. The molecule has 33 heavy (non-hydrogen) atoms. The molecule has 0 saturated carbocycles. The Morgan fingerprint density at radius 3 is 2.39 bits per heavy atom. The van der Waals surface area contributed by atoms with E-state index in [0.29, 0.717) is 29.0 Å². The Labute approximate surface area is 191 Å². The van der Waals surface area contributed by atoms with Gasteiger partial charge in [-0.25, -0.2) is 4.68 Å². The first kappa shape index (κ1) is 22.3. The first-order valence-corrected chi connectivity index (χ1v) is 10.8. The molecule has 2 aromatic heterocycles. The number of methoxy groups -OCH3 is 1. The van der Waals surface area contributed by atoms with Crippen molar-refractivity contribution in [3.05, 3.63) is 69.7 Å². The monoisotopic (exact) mass is 446 g/mol. The second kappa shape index (κ2) is 8.90. The summed E-state index contributed by atoms with van der Waals surface area (Å²) in [4.78, 5) is 26.6. The third kappa shape index (κ3) is 4.00. The molecule has 0 aliphatic heterocycles. The molecule has 0 unspecified atom stereocenters. The van der Waals surface area contributed by atoms with Gasteiger partial charge in [-0.05, 0) is 62.6 Å². The zero-order chi connectivity index (χ0) is 23.7. The van der Waals surface area contributed by atoms with E-state index < -0.39 is 11.6 Å². The summed E-state index contributed by atoms with van der Waals surface area (Å²) < 4.78 is 11.8. The summed E-state index contributed by atoms with van der Waals surface area (Å²) in [5.74, 6) is 0.870. The van der Waals surface area contributed by atoms with E-state index in [4.69, 9.17) is 9.26 Å². The molecule has 0 aliphatic carbocycles. The third-order valence-corrected chi connectivity index (χ3v) is 5.80. The van der Waals surface area contributed by atoms with Gasteiger partial charge in [-0.1, -0.05) is 30.3 Å². The summed E-state index contributed by atoms with van der Waals surface area (Å²) in [6.07, 6.45) is 0.369. The van der Waals surface area contributed by atoms with Crippen LogP contribution in [-0.4, -0.2) is 28.0 Å². The zero-order valence-electron chi connectivity index (χ0n) is 19.3. The average Bonchev–Trinajstić information content (AvgIpc) is 3.20. The Balaban J connectivity index is 1.84. The lowest BCUT2D eigenvalue weighted by atomic mass is 10.1. The molecule has 170 valence electrons. The number of amides is 1. The van der Waals surface area contributed by atoms with Crippen molar-refractivity contribution in [2.45, 2.75) is 40.2 Å². The lowest BCUT2D eigenvalue weighted by Crippen LogP contribution is -2.35. The Hall–Kier alpha value is -3.94. The summed E-state index contributed by atoms with van der Waals surface area (Å²) in [7, 11) is 1.59. The molecule has 2 heterocycles. The van der Waals surface area contributed by atoms with E-state index >= 15 is 0 Å². The predicted molar refractivity (Wildman–Crippen MR) is 127 cm³/mol. The second-order valence-electron chi connectivity index (χ2n) is 7.97. The highest BCUT2D eigenvalue weighted by atomic mass is 16.5. The number of aromatic nitrogens is 3. The van der Waals surface area contributed by atoms with Gasteiger partial charge in [-0.15, -0.1) is 0 Å². The van der Waals surface area contributed by atoms with Gasteiger partial charge < -0.3 is 14.6 Å². The number of fused-ring (bicyclic) bond motifs is 1. The van der Waals surface area contributed by atoms with Crippen molar-refractivity contribution < 1.29 is 14.1 Å². The molecule has 1 atom stereocenters. The molecule has 0 saturated heterocycles.